The largest absolute Gasteiger partial charge is 0.481 e. The van der Waals surface area contributed by atoms with E-state index in [9.17, 15) is 15.0 Å². The van der Waals surface area contributed by atoms with Gasteiger partial charge in [0.25, 0.3) is 0 Å². The minimum atomic E-state index is -1.01. The first kappa shape index (κ1) is 14.4. The maximum absolute atomic E-state index is 10.3. The van der Waals surface area contributed by atoms with Gasteiger partial charge in [0.15, 0.2) is 0 Å². The van der Waals surface area contributed by atoms with Crippen LogP contribution in [0.3, 0.4) is 0 Å². The predicted molar refractivity (Wildman–Crippen MR) is 63.7 cm³/mol. The summed E-state index contributed by atoms with van der Waals surface area (Å²) in [6.07, 6.45) is 2.58. The number of rotatable bonds is 6. The zero-order valence-corrected chi connectivity index (χ0v) is 10.4. The Bertz CT molecular complexity index is 259. The third-order valence-corrected chi connectivity index (χ3v) is 3.31. The Morgan fingerprint density at radius 3 is 2.88 bits per heavy atom. The molecule has 1 aliphatic rings. The normalized spacial score (nSPS) is 31.1. The van der Waals surface area contributed by atoms with Crippen LogP contribution in [-0.4, -0.2) is 46.1 Å². The summed E-state index contributed by atoms with van der Waals surface area (Å²) < 4.78 is 0. The third-order valence-electron chi connectivity index (χ3n) is 3.31. The van der Waals surface area contributed by atoms with E-state index < -0.39 is 17.7 Å². The molecule has 0 radical (unpaired) electrons. The molecule has 0 aliphatic heterocycles. The van der Waals surface area contributed by atoms with Gasteiger partial charge >= 0.3 is 5.97 Å². The van der Waals surface area contributed by atoms with Crippen molar-refractivity contribution >= 4 is 5.97 Å². The minimum Gasteiger partial charge on any atom is -0.481 e. The molecular formula is C12H23NO4. The summed E-state index contributed by atoms with van der Waals surface area (Å²) in [5.74, 6) is -0.483. The van der Waals surface area contributed by atoms with E-state index in [0.29, 0.717) is 12.5 Å². The highest BCUT2D eigenvalue weighted by Crippen LogP contribution is 2.31. The average Bonchev–Trinajstić information content (AvgIpc) is 2.15. The summed E-state index contributed by atoms with van der Waals surface area (Å²) in [6.45, 7) is 2.76. The first-order chi connectivity index (χ1) is 7.91. The third kappa shape index (κ3) is 5.48. The smallest absolute Gasteiger partial charge is 0.306 e. The summed E-state index contributed by atoms with van der Waals surface area (Å²) in [6, 6.07) is 0. The van der Waals surface area contributed by atoms with Crippen molar-refractivity contribution in [3.05, 3.63) is 0 Å². The second-order valence-electron chi connectivity index (χ2n) is 5.31. The molecule has 1 rings (SSSR count). The van der Waals surface area contributed by atoms with Gasteiger partial charge in [-0.3, -0.25) is 4.79 Å². The van der Waals surface area contributed by atoms with Crippen LogP contribution in [0.15, 0.2) is 0 Å². The molecule has 5 nitrogen and oxygen atoms in total. The summed E-state index contributed by atoms with van der Waals surface area (Å²) in [5.41, 5.74) is -0.694. The number of carbonyl (C=O) groups is 1. The quantitative estimate of drug-likeness (QED) is 0.542. The number of nitrogens with one attached hydrogen (secondary N) is 1. The van der Waals surface area contributed by atoms with E-state index in [-0.39, 0.29) is 13.0 Å². The molecular weight excluding hydrogens is 222 g/mol. The van der Waals surface area contributed by atoms with Crippen molar-refractivity contribution in [2.45, 2.75) is 50.7 Å². The highest BCUT2D eigenvalue weighted by Gasteiger charge is 2.32. The van der Waals surface area contributed by atoms with E-state index in [1.807, 2.05) is 0 Å². The second kappa shape index (κ2) is 6.33. The summed E-state index contributed by atoms with van der Waals surface area (Å²) in [4.78, 5) is 10.3. The molecule has 1 saturated carbocycles. The van der Waals surface area contributed by atoms with Crippen molar-refractivity contribution in [3.63, 3.8) is 0 Å². The van der Waals surface area contributed by atoms with Gasteiger partial charge in [-0.25, -0.2) is 0 Å². The molecule has 0 saturated heterocycles. The van der Waals surface area contributed by atoms with E-state index in [4.69, 9.17) is 5.11 Å². The topological polar surface area (TPSA) is 89.8 Å². The predicted octanol–water partition coefficient (Wildman–Crippen LogP) is 0.353. The maximum atomic E-state index is 10.3. The van der Waals surface area contributed by atoms with Gasteiger partial charge in [-0.1, -0.05) is 19.8 Å². The Hall–Kier alpha value is -0.650. The van der Waals surface area contributed by atoms with Crippen LogP contribution in [0, 0.1) is 5.92 Å². The summed E-state index contributed by atoms with van der Waals surface area (Å²) in [7, 11) is 0. The Kier molecular flexibility index (Phi) is 5.36. The fraction of sp³-hybridized carbons (Fsp3) is 0.917. The molecule has 5 heteroatoms. The van der Waals surface area contributed by atoms with E-state index in [1.54, 1.807) is 0 Å². The number of aliphatic carboxylic acids is 1. The molecule has 0 spiro atoms. The molecule has 100 valence electrons. The molecule has 0 amide bonds. The van der Waals surface area contributed by atoms with E-state index >= 15 is 0 Å². The monoisotopic (exact) mass is 245 g/mol. The Morgan fingerprint density at radius 1 is 1.59 bits per heavy atom. The molecule has 0 heterocycles. The van der Waals surface area contributed by atoms with Crippen molar-refractivity contribution in [1.29, 1.82) is 0 Å². The lowest BCUT2D eigenvalue weighted by Crippen LogP contribution is -2.45. The van der Waals surface area contributed by atoms with Crippen LogP contribution in [0.2, 0.25) is 0 Å². The fourth-order valence-corrected chi connectivity index (χ4v) is 2.54. The molecule has 0 aromatic rings. The number of carboxylic acid groups (broad SMARTS) is 1. The zero-order valence-electron chi connectivity index (χ0n) is 10.4. The highest BCUT2D eigenvalue weighted by molar-refractivity contribution is 5.67. The van der Waals surface area contributed by atoms with Gasteiger partial charge < -0.3 is 20.6 Å². The average molecular weight is 245 g/mol. The first-order valence-corrected chi connectivity index (χ1v) is 6.24. The maximum Gasteiger partial charge on any atom is 0.306 e. The SMILES string of the molecule is CC1CCCC(O)(CNCC(O)CC(=O)O)C1. The van der Waals surface area contributed by atoms with Gasteiger partial charge in [0, 0.05) is 13.1 Å². The van der Waals surface area contributed by atoms with Crippen LogP contribution in [-0.2, 0) is 4.79 Å². The van der Waals surface area contributed by atoms with Crippen LogP contribution < -0.4 is 5.32 Å². The lowest BCUT2D eigenvalue weighted by Gasteiger charge is -2.35. The van der Waals surface area contributed by atoms with Gasteiger partial charge in [0.1, 0.15) is 0 Å². The molecule has 3 atom stereocenters. The molecule has 0 aromatic carbocycles. The highest BCUT2D eigenvalue weighted by atomic mass is 16.4. The molecule has 3 unspecified atom stereocenters. The molecule has 17 heavy (non-hydrogen) atoms. The van der Waals surface area contributed by atoms with Gasteiger partial charge in [-0.15, -0.1) is 0 Å². The first-order valence-electron chi connectivity index (χ1n) is 6.24. The number of carboxylic acids is 1. The van der Waals surface area contributed by atoms with Crippen molar-refractivity contribution < 1.29 is 20.1 Å². The summed E-state index contributed by atoms with van der Waals surface area (Å²) in [5, 5.41) is 31.1. The lowest BCUT2D eigenvalue weighted by atomic mass is 9.79. The zero-order chi connectivity index (χ0) is 12.9. The standard InChI is InChI=1S/C12H23NO4/c1-9-3-2-4-12(17,6-9)8-13-7-10(14)5-11(15)16/h9-10,13-14,17H,2-8H2,1H3,(H,15,16). The van der Waals surface area contributed by atoms with Crippen LogP contribution in [0.4, 0.5) is 0 Å². The van der Waals surface area contributed by atoms with Crippen LogP contribution in [0.5, 0.6) is 0 Å². The van der Waals surface area contributed by atoms with Gasteiger partial charge in [0.2, 0.25) is 0 Å². The van der Waals surface area contributed by atoms with Crippen molar-refractivity contribution in [2.75, 3.05) is 13.1 Å². The molecule has 1 aliphatic carbocycles. The number of aliphatic hydroxyl groups excluding tert-OH is 1. The van der Waals surface area contributed by atoms with Gasteiger partial charge in [0.05, 0.1) is 18.1 Å². The fourth-order valence-electron chi connectivity index (χ4n) is 2.54. The molecule has 0 aromatic heterocycles. The Labute approximate surface area is 102 Å². The van der Waals surface area contributed by atoms with Crippen LogP contribution in [0.1, 0.15) is 39.0 Å². The van der Waals surface area contributed by atoms with Crippen LogP contribution >= 0.6 is 0 Å². The molecule has 1 fully saturated rings. The van der Waals surface area contributed by atoms with E-state index in [2.05, 4.69) is 12.2 Å². The Balaban J connectivity index is 2.23. The Morgan fingerprint density at radius 2 is 2.29 bits per heavy atom. The van der Waals surface area contributed by atoms with E-state index in [0.717, 1.165) is 25.7 Å². The number of hydrogen-bond acceptors (Lipinski definition) is 4. The lowest BCUT2D eigenvalue weighted by molar-refractivity contribution is -0.139. The second-order valence-corrected chi connectivity index (χ2v) is 5.31. The summed E-state index contributed by atoms with van der Waals surface area (Å²) >= 11 is 0. The van der Waals surface area contributed by atoms with Gasteiger partial charge in [-0.05, 0) is 18.8 Å². The van der Waals surface area contributed by atoms with Crippen molar-refractivity contribution in [1.82, 2.24) is 5.32 Å². The molecule has 4 N–H and O–H groups in total. The number of hydrogen-bond donors (Lipinski definition) is 4. The number of aliphatic hydroxyl groups is 2. The van der Waals surface area contributed by atoms with Crippen LogP contribution in [0.25, 0.3) is 0 Å². The van der Waals surface area contributed by atoms with Crippen molar-refractivity contribution in [3.8, 4) is 0 Å². The van der Waals surface area contributed by atoms with Gasteiger partial charge in [-0.2, -0.15) is 0 Å². The minimum absolute atomic E-state index is 0.211. The van der Waals surface area contributed by atoms with E-state index in [1.165, 1.54) is 0 Å². The molecule has 0 bridgehead atoms. The van der Waals surface area contributed by atoms with Crippen molar-refractivity contribution in [2.24, 2.45) is 5.92 Å².